The summed E-state index contributed by atoms with van der Waals surface area (Å²) < 4.78 is 0.354. The summed E-state index contributed by atoms with van der Waals surface area (Å²) in [6, 6.07) is 0. The average Bonchev–Trinajstić information content (AvgIpc) is 1.99. The van der Waals surface area contributed by atoms with Gasteiger partial charge in [-0.3, -0.25) is 4.48 Å². The highest BCUT2D eigenvalue weighted by atomic mass is 16.2. The Morgan fingerprint density at radius 3 is 2.33 bits per heavy atom. The van der Waals surface area contributed by atoms with Crippen molar-refractivity contribution in [3.8, 4) is 0 Å². The van der Waals surface area contributed by atoms with E-state index >= 15 is 0 Å². The second-order valence-corrected chi connectivity index (χ2v) is 3.64. The number of rotatable bonds is 4. The Hall–Kier alpha value is -0.670. The number of nitrogens with two attached hydrogens (primary N) is 1. The number of hydrogen-bond acceptors (Lipinski definition) is 2. The molecular formula is C9H19N2O+. The van der Waals surface area contributed by atoms with E-state index in [9.17, 15) is 4.79 Å². The predicted molar refractivity (Wildman–Crippen MR) is 50.5 cm³/mol. The van der Waals surface area contributed by atoms with Crippen LogP contribution in [0.4, 0.5) is 0 Å². The van der Waals surface area contributed by atoms with Crippen LogP contribution >= 0.6 is 0 Å². The fourth-order valence-corrected chi connectivity index (χ4v) is 1.10. The highest BCUT2D eigenvalue weighted by Crippen LogP contribution is 2.05. The number of quaternary nitrogens is 1. The Balaban J connectivity index is 4.19. The average molecular weight is 171 g/mol. The van der Waals surface area contributed by atoms with Crippen molar-refractivity contribution >= 4 is 5.91 Å². The lowest BCUT2D eigenvalue weighted by atomic mass is 10.2. The van der Waals surface area contributed by atoms with E-state index < -0.39 is 0 Å². The highest BCUT2D eigenvalue weighted by Gasteiger charge is 2.25. The SMILES string of the molecule is C=C(C)C(=O)[N+](C)(C)CCCN. The molecule has 0 radical (unpaired) electrons. The minimum atomic E-state index is 0.0865. The molecule has 12 heavy (non-hydrogen) atoms. The van der Waals surface area contributed by atoms with Gasteiger partial charge in [0.2, 0.25) is 0 Å². The van der Waals surface area contributed by atoms with E-state index in [1.54, 1.807) is 6.92 Å². The van der Waals surface area contributed by atoms with Crippen LogP contribution in [0.5, 0.6) is 0 Å². The van der Waals surface area contributed by atoms with Crippen LogP contribution in [0.3, 0.4) is 0 Å². The van der Waals surface area contributed by atoms with Crippen LogP contribution in [0.25, 0.3) is 0 Å². The van der Waals surface area contributed by atoms with Crippen molar-refractivity contribution in [2.75, 3.05) is 27.2 Å². The summed E-state index contributed by atoms with van der Waals surface area (Å²) in [5.41, 5.74) is 5.98. The lowest BCUT2D eigenvalue weighted by Gasteiger charge is -2.26. The van der Waals surface area contributed by atoms with Gasteiger partial charge in [0.05, 0.1) is 20.6 Å². The van der Waals surface area contributed by atoms with E-state index in [4.69, 9.17) is 5.73 Å². The van der Waals surface area contributed by atoms with Gasteiger partial charge in [-0.15, -0.1) is 0 Å². The normalized spacial score (nSPS) is 11.3. The van der Waals surface area contributed by atoms with Crippen LogP contribution < -0.4 is 5.73 Å². The van der Waals surface area contributed by atoms with Gasteiger partial charge < -0.3 is 5.73 Å². The molecule has 0 saturated heterocycles. The summed E-state index contributed by atoms with van der Waals surface area (Å²) in [4.78, 5) is 11.5. The van der Waals surface area contributed by atoms with E-state index in [1.165, 1.54) is 0 Å². The van der Waals surface area contributed by atoms with Crippen molar-refractivity contribution in [2.45, 2.75) is 13.3 Å². The maximum atomic E-state index is 11.5. The molecule has 0 aliphatic heterocycles. The Morgan fingerprint density at radius 2 is 2.00 bits per heavy atom. The molecule has 0 heterocycles. The van der Waals surface area contributed by atoms with E-state index in [1.807, 2.05) is 14.1 Å². The molecular weight excluding hydrogens is 152 g/mol. The summed E-state index contributed by atoms with van der Waals surface area (Å²) in [5, 5.41) is 0. The molecule has 0 aromatic heterocycles. The van der Waals surface area contributed by atoms with E-state index in [2.05, 4.69) is 6.58 Å². The van der Waals surface area contributed by atoms with Gasteiger partial charge in [0, 0.05) is 12.0 Å². The van der Waals surface area contributed by atoms with Crippen molar-refractivity contribution in [1.29, 1.82) is 0 Å². The quantitative estimate of drug-likeness (QED) is 0.495. The number of likely N-dealkylation sites (N-methyl/N-ethyl adjacent to an activating group) is 1. The summed E-state index contributed by atoms with van der Waals surface area (Å²) in [6.45, 7) is 6.78. The topological polar surface area (TPSA) is 43.1 Å². The largest absolute Gasteiger partial charge is 0.340 e. The maximum Gasteiger partial charge on any atom is 0.340 e. The van der Waals surface area contributed by atoms with Crippen molar-refractivity contribution in [2.24, 2.45) is 5.73 Å². The van der Waals surface area contributed by atoms with Gasteiger partial charge in [0.15, 0.2) is 0 Å². The van der Waals surface area contributed by atoms with Gasteiger partial charge in [-0.05, 0) is 13.5 Å². The van der Waals surface area contributed by atoms with Crippen molar-refractivity contribution in [1.82, 2.24) is 0 Å². The lowest BCUT2D eigenvalue weighted by Crippen LogP contribution is -2.47. The summed E-state index contributed by atoms with van der Waals surface area (Å²) in [6.07, 6.45) is 0.867. The molecule has 2 N–H and O–H groups in total. The maximum absolute atomic E-state index is 11.5. The fourth-order valence-electron chi connectivity index (χ4n) is 1.10. The minimum absolute atomic E-state index is 0.0865. The lowest BCUT2D eigenvalue weighted by molar-refractivity contribution is -0.811. The number of carbonyl (C=O) groups excluding carboxylic acids is 1. The Labute approximate surface area is 74.4 Å². The molecule has 0 aliphatic rings. The zero-order valence-corrected chi connectivity index (χ0v) is 8.26. The molecule has 0 atom stereocenters. The molecule has 0 saturated carbocycles. The molecule has 1 amide bonds. The van der Waals surface area contributed by atoms with Crippen LogP contribution in [0, 0.1) is 0 Å². The predicted octanol–water partition coefficient (Wildman–Crippen LogP) is 0.514. The molecule has 0 aromatic rings. The first-order valence-corrected chi connectivity index (χ1v) is 4.15. The van der Waals surface area contributed by atoms with Gasteiger partial charge >= 0.3 is 5.91 Å². The van der Waals surface area contributed by atoms with Crippen LogP contribution in [0.2, 0.25) is 0 Å². The number of amides is 1. The molecule has 0 aliphatic carbocycles. The Morgan fingerprint density at radius 1 is 1.50 bits per heavy atom. The molecule has 0 aromatic carbocycles. The van der Waals surface area contributed by atoms with Crippen LogP contribution in [0.1, 0.15) is 13.3 Å². The van der Waals surface area contributed by atoms with Crippen molar-refractivity contribution in [3.05, 3.63) is 12.2 Å². The number of hydrogen-bond donors (Lipinski definition) is 1. The molecule has 3 nitrogen and oxygen atoms in total. The smallest absolute Gasteiger partial charge is 0.330 e. The third-order valence-corrected chi connectivity index (χ3v) is 1.84. The third kappa shape index (κ3) is 3.15. The first kappa shape index (κ1) is 11.3. The number of carbonyl (C=O) groups is 1. The fraction of sp³-hybridized carbons (Fsp3) is 0.667. The monoisotopic (exact) mass is 171 g/mol. The molecule has 0 spiro atoms. The first-order valence-electron chi connectivity index (χ1n) is 4.15. The van der Waals surface area contributed by atoms with Crippen molar-refractivity contribution < 1.29 is 9.28 Å². The highest BCUT2D eigenvalue weighted by molar-refractivity contribution is 5.86. The second kappa shape index (κ2) is 4.38. The van der Waals surface area contributed by atoms with E-state index in [0.29, 0.717) is 16.6 Å². The van der Waals surface area contributed by atoms with Gasteiger partial charge in [-0.25, -0.2) is 4.79 Å². The van der Waals surface area contributed by atoms with Gasteiger partial charge in [0.1, 0.15) is 0 Å². The van der Waals surface area contributed by atoms with E-state index in [-0.39, 0.29) is 5.91 Å². The van der Waals surface area contributed by atoms with E-state index in [0.717, 1.165) is 13.0 Å². The van der Waals surface area contributed by atoms with Crippen molar-refractivity contribution in [3.63, 3.8) is 0 Å². The third-order valence-electron chi connectivity index (χ3n) is 1.84. The Bertz CT molecular complexity index is 185. The summed E-state index contributed by atoms with van der Waals surface area (Å²) in [5.74, 6) is 0.0865. The molecule has 70 valence electrons. The van der Waals surface area contributed by atoms with Crippen LogP contribution in [0.15, 0.2) is 12.2 Å². The molecule has 0 fully saturated rings. The molecule has 3 heteroatoms. The van der Waals surface area contributed by atoms with Crippen LogP contribution in [-0.4, -0.2) is 37.6 Å². The Kier molecular flexibility index (Phi) is 4.13. The summed E-state index contributed by atoms with van der Waals surface area (Å²) >= 11 is 0. The second-order valence-electron chi connectivity index (χ2n) is 3.64. The minimum Gasteiger partial charge on any atom is -0.330 e. The van der Waals surface area contributed by atoms with Gasteiger partial charge in [0.25, 0.3) is 0 Å². The first-order chi connectivity index (χ1) is 5.41. The zero-order chi connectivity index (χ0) is 9.78. The van der Waals surface area contributed by atoms with Gasteiger partial charge in [-0.2, -0.15) is 0 Å². The standard InChI is InChI=1S/C9H19N2O/c1-8(2)9(12)11(3,4)7-5-6-10/h1,5-7,10H2,2-4H3/q+1. The molecule has 0 bridgehead atoms. The van der Waals surface area contributed by atoms with Gasteiger partial charge in [-0.1, -0.05) is 6.58 Å². The number of nitrogens with zero attached hydrogens (tertiary/aromatic N) is 1. The van der Waals surface area contributed by atoms with Crippen LogP contribution in [-0.2, 0) is 4.79 Å². The summed E-state index contributed by atoms with van der Waals surface area (Å²) in [7, 11) is 3.76. The zero-order valence-electron chi connectivity index (χ0n) is 8.26. The molecule has 0 unspecified atom stereocenters. The molecule has 0 rings (SSSR count).